The molecule has 0 saturated carbocycles. The number of esters is 1. The average Bonchev–Trinajstić information content (AvgIpc) is 2.28. The fraction of sp³-hybridized carbons (Fsp3) is 0.909. The summed E-state index contributed by atoms with van der Waals surface area (Å²) in [5.74, 6) is 0.927. The molecule has 106 valence electrons. The highest BCUT2D eigenvalue weighted by molar-refractivity contribution is 8.00. The maximum absolute atomic E-state index is 11.7. The van der Waals surface area contributed by atoms with Gasteiger partial charge in [0, 0.05) is 30.9 Å². The number of ether oxygens (including phenoxy) is 1. The van der Waals surface area contributed by atoms with E-state index in [9.17, 15) is 13.2 Å². The van der Waals surface area contributed by atoms with Gasteiger partial charge in [0.05, 0.1) is 12.5 Å². The molecular weight excluding hydrogens is 274 g/mol. The lowest BCUT2D eigenvalue weighted by atomic mass is 10.1. The van der Waals surface area contributed by atoms with Gasteiger partial charge in [0.2, 0.25) is 0 Å². The second-order valence-corrected chi connectivity index (χ2v) is 7.86. The maximum Gasteiger partial charge on any atom is 0.309 e. The van der Waals surface area contributed by atoms with Crippen LogP contribution in [-0.2, 0) is 19.4 Å². The van der Waals surface area contributed by atoms with Gasteiger partial charge in [-0.1, -0.05) is 6.92 Å². The number of hydrogen-bond acceptors (Lipinski definition) is 6. The second-order valence-electron chi connectivity index (χ2n) is 4.51. The summed E-state index contributed by atoms with van der Waals surface area (Å²) in [7, 11) is -3.11. The van der Waals surface area contributed by atoms with Crippen molar-refractivity contribution in [1.29, 1.82) is 0 Å². The molecule has 0 aromatic heterocycles. The Morgan fingerprint density at radius 2 is 2.22 bits per heavy atom. The lowest BCUT2D eigenvalue weighted by molar-refractivity contribution is -0.148. The molecule has 0 spiro atoms. The van der Waals surface area contributed by atoms with E-state index in [0.29, 0.717) is 25.4 Å². The van der Waals surface area contributed by atoms with Crippen molar-refractivity contribution in [2.24, 2.45) is 5.92 Å². The van der Waals surface area contributed by atoms with Crippen molar-refractivity contribution in [2.45, 2.75) is 19.2 Å². The highest BCUT2D eigenvalue weighted by Crippen LogP contribution is 2.21. The first-order valence-electron chi connectivity index (χ1n) is 6.03. The molecule has 1 heterocycles. The molecule has 2 unspecified atom stereocenters. The topological polar surface area (TPSA) is 63.7 Å². The van der Waals surface area contributed by atoms with Crippen molar-refractivity contribution in [1.82, 2.24) is 4.90 Å². The lowest BCUT2D eigenvalue weighted by Crippen LogP contribution is -2.49. The summed E-state index contributed by atoms with van der Waals surface area (Å²) in [6, 6.07) is 0. The molecule has 0 aromatic carbocycles. The Morgan fingerprint density at radius 1 is 1.56 bits per heavy atom. The van der Waals surface area contributed by atoms with Gasteiger partial charge in [-0.3, -0.25) is 9.69 Å². The number of carbonyl (C=O) groups is 1. The third-order valence-corrected chi connectivity index (χ3v) is 5.57. The van der Waals surface area contributed by atoms with E-state index in [0.717, 1.165) is 5.75 Å². The van der Waals surface area contributed by atoms with Crippen LogP contribution in [0.4, 0.5) is 0 Å². The summed E-state index contributed by atoms with van der Waals surface area (Å²) in [5.41, 5.74) is 0. The van der Waals surface area contributed by atoms with Crippen molar-refractivity contribution in [3.8, 4) is 0 Å². The smallest absolute Gasteiger partial charge is 0.309 e. The minimum absolute atomic E-state index is 0.261. The van der Waals surface area contributed by atoms with Crippen LogP contribution in [-0.4, -0.2) is 62.1 Å². The molecule has 0 aromatic rings. The first kappa shape index (κ1) is 15.8. The van der Waals surface area contributed by atoms with Gasteiger partial charge in [-0.25, -0.2) is 8.42 Å². The van der Waals surface area contributed by atoms with Crippen LogP contribution in [0.25, 0.3) is 0 Å². The molecular formula is C11H21NO4S2. The second kappa shape index (κ2) is 6.77. The third kappa shape index (κ3) is 4.44. The van der Waals surface area contributed by atoms with E-state index in [1.165, 1.54) is 6.26 Å². The predicted molar refractivity (Wildman–Crippen MR) is 73.3 cm³/mol. The molecule has 0 amide bonds. The lowest BCUT2D eigenvalue weighted by Gasteiger charge is -2.35. The van der Waals surface area contributed by atoms with Gasteiger partial charge in [-0.05, 0) is 6.92 Å². The first-order chi connectivity index (χ1) is 8.36. The molecule has 0 bridgehead atoms. The molecule has 1 aliphatic heterocycles. The number of sulfone groups is 1. The minimum Gasteiger partial charge on any atom is -0.466 e. The van der Waals surface area contributed by atoms with Gasteiger partial charge >= 0.3 is 5.97 Å². The van der Waals surface area contributed by atoms with Crippen LogP contribution in [0.1, 0.15) is 13.8 Å². The molecule has 0 radical (unpaired) electrons. The summed E-state index contributed by atoms with van der Waals surface area (Å²) in [5, 5.41) is -0.479. The fourth-order valence-electron chi connectivity index (χ4n) is 1.93. The van der Waals surface area contributed by atoms with Crippen molar-refractivity contribution in [2.75, 3.05) is 37.5 Å². The fourth-order valence-corrected chi connectivity index (χ4v) is 4.88. The van der Waals surface area contributed by atoms with E-state index in [1.807, 2.05) is 4.90 Å². The van der Waals surface area contributed by atoms with Crippen LogP contribution in [0.15, 0.2) is 0 Å². The van der Waals surface area contributed by atoms with E-state index in [1.54, 1.807) is 25.6 Å². The molecule has 2 atom stereocenters. The van der Waals surface area contributed by atoms with Gasteiger partial charge in [-0.15, -0.1) is 0 Å². The molecule has 1 fully saturated rings. The van der Waals surface area contributed by atoms with Gasteiger partial charge in [0.15, 0.2) is 9.84 Å². The quantitative estimate of drug-likeness (QED) is 0.692. The molecule has 7 heteroatoms. The zero-order valence-electron chi connectivity index (χ0n) is 11.1. The number of hydrogen-bond donors (Lipinski definition) is 0. The number of carbonyl (C=O) groups excluding carboxylic acids is 1. The molecule has 1 saturated heterocycles. The highest BCUT2D eigenvalue weighted by atomic mass is 32.2. The normalized spacial score (nSPS) is 23.6. The summed E-state index contributed by atoms with van der Waals surface area (Å²) < 4.78 is 28.4. The van der Waals surface area contributed by atoms with Crippen LogP contribution >= 0.6 is 11.8 Å². The molecule has 1 aliphatic rings. The summed E-state index contributed by atoms with van der Waals surface area (Å²) in [6.07, 6.45) is 1.26. The maximum atomic E-state index is 11.7. The van der Waals surface area contributed by atoms with Crippen molar-refractivity contribution < 1.29 is 17.9 Å². The minimum atomic E-state index is -3.11. The zero-order valence-corrected chi connectivity index (χ0v) is 12.7. The van der Waals surface area contributed by atoms with Gasteiger partial charge < -0.3 is 4.74 Å². The van der Waals surface area contributed by atoms with Gasteiger partial charge in [-0.2, -0.15) is 11.8 Å². The number of thioether (sulfide) groups is 1. The van der Waals surface area contributed by atoms with Crippen LogP contribution in [0.5, 0.6) is 0 Å². The highest BCUT2D eigenvalue weighted by Gasteiger charge is 2.32. The van der Waals surface area contributed by atoms with E-state index in [2.05, 4.69) is 0 Å². The zero-order chi connectivity index (χ0) is 13.8. The summed E-state index contributed by atoms with van der Waals surface area (Å²) in [4.78, 5) is 13.5. The molecule has 1 rings (SSSR count). The Morgan fingerprint density at radius 3 is 2.78 bits per heavy atom. The van der Waals surface area contributed by atoms with Gasteiger partial charge in [0.25, 0.3) is 0 Å². The standard InChI is InChI=1S/C11H21NO4S2/c1-4-16-11(13)9(2)7-12-5-6-17-8-10(12)18(3,14)15/h9-10H,4-8H2,1-3H3. The van der Waals surface area contributed by atoms with E-state index >= 15 is 0 Å². The third-order valence-electron chi connectivity index (χ3n) is 2.88. The van der Waals surface area contributed by atoms with Crippen molar-refractivity contribution >= 4 is 27.6 Å². The molecule has 5 nitrogen and oxygen atoms in total. The van der Waals surface area contributed by atoms with Crippen molar-refractivity contribution in [3.63, 3.8) is 0 Å². The van der Waals surface area contributed by atoms with Crippen LogP contribution in [0.2, 0.25) is 0 Å². The summed E-state index contributed by atoms with van der Waals surface area (Å²) >= 11 is 1.64. The Hall–Kier alpha value is -0.270. The SMILES string of the molecule is CCOC(=O)C(C)CN1CCSCC1S(C)(=O)=O. The Labute approximate surface area is 113 Å². The summed E-state index contributed by atoms with van der Waals surface area (Å²) in [6.45, 7) is 5.04. The van der Waals surface area contributed by atoms with Gasteiger partial charge in [0.1, 0.15) is 5.37 Å². The average molecular weight is 295 g/mol. The first-order valence-corrected chi connectivity index (χ1v) is 9.14. The number of rotatable bonds is 5. The van der Waals surface area contributed by atoms with E-state index in [-0.39, 0.29) is 11.9 Å². The number of nitrogens with zero attached hydrogens (tertiary/aromatic N) is 1. The molecule has 0 N–H and O–H groups in total. The predicted octanol–water partition coefficient (Wildman–Crippen LogP) is 0.605. The monoisotopic (exact) mass is 295 g/mol. The Kier molecular flexibility index (Phi) is 5.94. The largest absolute Gasteiger partial charge is 0.466 e. The van der Waals surface area contributed by atoms with Crippen molar-refractivity contribution in [3.05, 3.63) is 0 Å². The van der Waals surface area contributed by atoms with Crippen LogP contribution in [0.3, 0.4) is 0 Å². The van der Waals surface area contributed by atoms with Crippen LogP contribution in [0, 0.1) is 5.92 Å². The molecule has 18 heavy (non-hydrogen) atoms. The molecule has 0 aliphatic carbocycles. The Bertz CT molecular complexity index is 383. The van der Waals surface area contributed by atoms with E-state index < -0.39 is 15.2 Å². The Balaban J connectivity index is 2.65. The van der Waals surface area contributed by atoms with Crippen LogP contribution < -0.4 is 0 Å². The van der Waals surface area contributed by atoms with E-state index in [4.69, 9.17) is 4.74 Å².